The van der Waals surface area contributed by atoms with Crippen molar-refractivity contribution in [3.63, 3.8) is 0 Å². The molecule has 1 aliphatic rings. The molecule has 0 aromatic heterocycles. The Balaban J connectivity index is 2.54. The van der Waals surface area contributed by atoms with Crippen LogP contribution in [0.25, 0.3) is 0 Å². The minimum absolute atomic E-state index is 0.0231. The summed E-state index contributed by atoms with van der Waals surface area (Å²) in [7, 11) is 0. The highest BCUT2D eigenvalue weighted by molar-refractivity contribution is 5.93. The Bertz CT molecular complexity index is 183. The summed E-state index contributed by atoms with van der Waals surface area (Å²) in [5.41, 5.74) is 4.84. The molecule has 10 heavy (non-hydrogen) atoms. The molecule has 1 saturated heterocycles. The number of hydrogen-bond acceptors (Lipinski definition) is 4. The predicted molar refractivity (Wildman–Crippen MR) is 31.8 cm³/mol. The molecule has 0 aliphatic carbocycles. The molecular weight excluding hydrogens is 136 g/mol. The fourth-order valence-electron chi connectivity index (χ4n) is 0.693. The first-order chi connectivity index (χ1) is 4.55. The minimum atomic E-state index is -1.01. The van der Waals surface area contributed by atoms with Crippen LogP contribution in [0.4, 0.5) is 0 Å². The molecule has 0 aromatic carbocycles. The predicted octanol–water partition coefficient (Wildman–Crippen LogP) is -1.58. The SMILES string of the molecule is C=C(C(N)=O)C1C(O)N1O. The number of carbonyl (C=O) groups is 1. The number of nitrogens with zero attached hydrogens (tertiary/aromatic N) is 1. The van der Waals surface area contributed by atoms with E-state index >= 15 is 0 Å². The van der Waals surface area contributed by atoms with E-state index in [2.05, 4.69) is 6.58 Å². The van der Waals surface area contributed by atoms with Crippen molar-refractivity contribution in [3.05, 3.63) is 12.2 Å². The van der Waals surface area contributed by atoms with E-state index in [1.165, 1.54) is 0 Å². The normalized spacial score (nSPS) is 37.2. The van der Waals surface area contributed by atoms with Gasteiger partial charge >= 0.3 is 0 Å². The Hall–Kier alpha value is -0.910. The van der Waals surface area contributed by atoms with Crippen LogP contribution in [0.3, 0.4) is 0 Å². The Morgan fingerprint density at radius 1 is 1.70 bits per heavy atom. The van der Waals surface area contributed by atoms with Gasteiger partial charge in [0.05, 0.1) is 0 Å². The number of rotatable bonds is 2. The number of nitrogens with two attached hydrogens (primary N) is 1. The van der Waals surface area contributed by atoms with E-state index in [9.17, 15) is 4.79 Å². The zero-order chi connectivity index (χ0) is 7.89. The summed E-state index contributed by atoms with van der Waals surface area (Å²) in [4.78, 5) is 10.3. The minimum Gasteiger partial charge on any atom is -0.374 e. The van der Waals surface area contributed by atoms with Gasteiger partial charge in [-0.1, -0.05) is 6.58 Å². The largest absolute Gasteiger partial charge is 0.374 e. The van der Waals surface area contributed by atoms with Gasteiger partial charge in [0.25, 0.3) is 0 Å². The van der Waals surface area contributed by atoms with E-state index in [1.54, 1.807) is 0 Å². The highest BCUT2D eigenvalue weighted by atomic mass is 16.6. The molecule has 1 amide bonds. The van der Waals surface area contributed by atoms with Crippen LogP contribution in [0.15, 0.2) is 12.2 Å². The first-order valence-electron chi connectivity index (χ1n) is 2.69. The van der Waals surface area contributed by atoms with E-state index < -0.39 is 18.2 Å². The van der Waals surface area contributed by atoms with Gasteiger partial charge in [-0.05, 0) is 0 Å². The zero-order valence-electron chi connectivity index (χ0n) is 5.19. The van der Waals surface area contributed by atoms with E-state index in [0.717, 1.165) is 0 Å². The highest BCUT2D eigenvalue weighted by Crippen LogP contribution is 2.27. The maximum atomic E-state index is 10.3. The number of aliphatic hydroxyl groups is 1. The smallest absolute Gasteiger partial charge is 0.245 e. The van der Waals surface area contributed by atoms with Gasteiger partial charge in [0.2, 0.25) is 5.91 Å². The van der Waals surface area contributed by atoms with Crippen LogP contribution in [0.2, 0.25) is 0 Å². The lowest BCUT2D eigenvalue weighted by molar-refractivity contribution is -0.115. The molecule has 5 heteroatoms. The second-order valence-corrected chi connectivity index (χ2v) is 2.13. The fourth-order valence-corrected chi connectivity index (χ4v) is 0.693. The van der Waals surface area contributed by atoms with Crippen LogP contribution in [0, 0.1) is 0 Å². The van der Waals surface area contributed by atoms with Crippen molar-refractivity contribution in [2.75, 3.05) is 0 Å². The van der Waals surface area contributed by atoms with Crippen molar-refractivity contribution >= 4 is 5.91 Å². The zero-order valence-corrected chi connectivity index (χ0v) is 5.19. The van der Waals surface area contributed by atoms with Crippen LogP contribution >= 0.6 is 0 Å². The van der Waals surface area contributed by atoms with Crippen molar-refractivity contribution < 1.29 is 15.1 Å². The van der Waals surface area contributed by atoms with Gasteiger partial charge in [0.15, 0.2) is 6.23 Å². The number of hydroxylamine groups is 2. The van der Waals surface area contributed by atoms with Crippen LogP contribution in [-0.2, 0) is 4.79 Å². The quantitative estimate of drug-likeness (QED) is 0.322. The topological polar surface area (TPSA) is 86.6 Å². The van der Waals surface area contributed by atoms with Gasteiger partial charge in [0, 0.05) is 5.57 Å². The average Bonchev–Trinajstić information content (AvgIpc) is 2.40. The molecule has 5 nitrogen and oxygen atoms in total. The lowest BCUT2D eigenvalue weighted by Crippen LogP contribution is -2.18. The van der Waals surface area contributed by atoms with Crippen molar-refractivity contribution in [3.8, 4) is 0 Å². The second-order valence-electron chi connectivity index (χ2n) is 2.13. The molecule has 3 atom stereocenters. The Morgan fingerprint density at radius 3 is 2.20 bits per heavy atom. The lowest BCUT2D eigenvalue weighted by atomic mass is 10.2. The Morgan fingerprint density at radius 2 is 2.10 bits per heavy atom. The van der Waals surface area contributed by atoms with Crippen molar-refractivity contribution in [1.29, 1.82) is 0 Å². The third kappa shape index (κ3) is 0.900. The fraction of sp³-hybridized carbons (Fsp3) is 0.400. The molecule has 0 saturated carbocycles. The summed E-state index contributed by atoms with van der Waals surface area (Å²) < 4.78 is 0. The molecule has 56 valence electrons. The van der Waals surface area contributed by atoms with Gasteiger partial charge in [-0.15, -0.1) is 0 Å². The van der Waals surface area contributed by atoms with Gasteiger partial charge in [-0.2, -0.15) is 5.06 Å². The van der Waals surface area contributed by atoms with E-state index in [-0.39, 0.29) is 5.57 Å². The molecule has 1 aliphatic heterocycles. The van der Waals surface area contributed by atoms with Gasteiger partial charge < -0.3 is 16.0 Å². The van der Waals surface area contributed by atoms with Crippen LogP contribution in [0.5, 0.6) is 0 Å². The van der Waals surface area contributed by atoms with Crippen molar-refractivity contribution in [1.82, 2.24) is 5.06 Å². The monoisotopic (exact) mass is 144 g/mol. The molecule has 1 heterocycles. The van der Waals surface area contributed by atoms with Crippen LogP contribution in [-0.4, -0.2) is 33.6 Å². The lowest BCUT2D eigenvalue weighted by Gasteiger charge is -1.93. The maximum Gasteiger partial charge on any atom is 0.245 e. The van der Waals surface area contributed by atoms with Crippen LogP contribution in [0.1, 0.15) is 0 Å². The first kappa shape index (κ1) is 7.20. The first-order valence-corrected chi connectivity index (χ1v) is 2.69. The molecular formula is C5H8N2O3. The Kier molecular flexibility index (Phi) is 1.47. The van der Waals surface area contributed by atoms with E-state index in [4.69, 9.17) is 16.0 Å². The molecule has 4 N–H and O–H groups in total. The molecule has 0 aromatic rings. The number of hydrogen-bond donors (Lipinski definition) is 3. The molecule has 1 fully saturated rings. The second kappa shape index (κ2) is 2.05. The highest BCUT2D eigenvalue weighted by Gasteiger charge is 2.49. The molecule has 0 radical (unpaired) electrons. The van der Waals surface area contributed by atoms with Crippen molar-refractivity contribution in [2.45, 2.75) is 12.3 Å². The number of carbonyl (C=O) groups excluding carboxylic acids is 1. The molecule has 0 bridgehead atoms. The van der Waals surface area contributed by atoms with E-state index in [0.29, 0.717) is 5.06 Å². The van der Waals surface area contributed by atoms with E-state index in [1.807, 2.05) is 0 Å². The number of primary amides is 1. The summed E-state index contributed by atoms with van der Waals surface area (Å²) in [6.07, 6.45) is -1.01. The third-order valence-corrected chi connectivity index (χ3v) is 1.42. The standard InChI is InChI=1S/C5H8N2O3/c1-2(4(6)8)3-5(9)7(3)10/h3,5,9-10H,1H2,(H2,6,8). The molecule has 1 rings (SSSR count). The molecule has 0 spiro atoms. The summed E-state index contributed by atoms with van der Waals surface area (Å²) in [5.74, 6) is -0.708. The van der Waals surface area contributed by atoms with Crippen LogP contribution < -0.4 is 5.73 Å². The third-order valence-electron chi connectivity index (χ3n) is 1.42. The summed E-state index contributed by atoms with van der Waals surface area (Å²) in [6, 6.07) is -0.697. The van der Waals surface area contributed by atoms with Gasteiger partial charge in [0.1, 0.15) is 6.04 Å². The van der Waals surface area contributed by atoms with Crippen molar-refractivity contribution in [2.24, 2.45) is 5.73 Å². The average molecular weight is 144 g/mol. The summed E-state index contributed by atoms with van der Waals surface area (Å²) in [6.45, 7) is 3.28. The number of amides is 1. The Labute approximate surface area is 57.3 Å². The number of aliphatic hydroxyl groups excluding tert-OH is 1. The van der Waals surface area contributed by atoms with Gasteiger partial charge in [-0.3, -0.25) is 4.79 Å². The van der Waals surface area contributed by atoms with Gasteiger partial charge in [-0.25, -0.2) is 0 Å². The summed E-state index contributed by atoms with van der Waals surface area (Å²) in [5, 5.41) is 18.0. The summed E-state index contributed by atoms with van der Waals surface area (Å²) >= 11 is 0. The molecule has 3 unspecified atom stereocenters. The maximum absolute atomic E-state index is 10.3.